The van der Waals surface area contributed by atoms with E-state index in [1.54, 1.807) is 6.92 Å². The first-order chi connectivity index (χ1) is 15.8. The molecular weight excluding hydrogens is 433 g/mol. The van der Waals surface area contributed by atoms with Gasteiger partial charge >= 0.3 is 6.36 Å². The maximum absolute atomic E-state index is 12.8. The molecule has 0 spiro atoms. The third-order valence-corrected chi connectivity index (χ3v) is 5.12. The normalized spacial score (nSPS) is 13.6. The molecule has 0 unspecified atom stereocenters. The molecule has 5 nitrogen and oxygen atoms in total. The maximum Gasteiger partial charge on any atom is 0.573 e. The fraction of sp³-hybridized carbons (Fsp3) is 0.200. The third-order valence-electron chi connectivity index (χ3n) is 5.12. The van der Waals surface area contributed by atoms with Crippen molar-refractivity contribution in [3.05, 3.63) is 89.5 Å². The largest absolute Gasteiger partial charge is 0.573 e. The Morgan fingerprint density at radius 1 is 0.909 bits per heavy atom. The van der Waals surface area contributed by atoms with E-state index in [2.05, 4.69) is 21.9 Å². The summed E-state index contributed by atoms with van der Waals surface area (Å²) < 4.78 is 46.7. The second-order valence-corrected chi connectivity index (χ2v) is 7.38. The van der Waals surface area contributed by atoms with Crippen LogP contribution >= 0.6 is 0 Å². The van der Waals surface area contributed by atoms with E-state index >= 15 is 0 Å². The molecule has 1 aliphatic heterocycles. The number of carbonyl (C=O) groups excluding carboxylic acids is 1. The summed E-state index contributed by atoms with van der Waals surface area (Å²) >= 11 is 0. The van der Waals surface area contributed by atoms with Crippen molar-refractivity contribution in [1.82, 2.24) is 4.90 Å². The summed E-state index contributed by atoms with van der Waals surface area (Å²) in [5, 5.41) is 0. The fourth-order valence-electron chi connectivity index (χ4n) is 3.72. The number of aliphatic imine (C=N–C) groups is 1. The predicted octanol–water partition coefficient (Wildman–Crippen LogP) is 5.80. The zero-order valence-electron chi connectivity index (χ0n) is 17.8. The summed E-state index contributed by atoms with van der Waals surface area (Å²) in [6.45, 7) is 3.05. The first kappa shape index (κ1) is 22.4. The van der Waals surface area contributed by atoms with Crippen LogP contribution in [-0.4, -0.2) is 29.8 Å². The molecular formula is C25H21F3N2O3. The van der Waals surface area contributed by atoms with Gasteiger partial charge in [-0.25, -0.2) is 0 Å². The average Bonchev–Trinajstić information content (AvgIpc) is 2.95. The topological polar surface area (TPSA) is 51.1 Å². The van der Waals surface area contributed by atoms with Gasteiger partial charge in [-0.15, -0.1) is 13.2 Å². The number of amides is 1. The molecule has 1 heterocycles. The molecule has 0 aliphatic carbocycles. The molecule has 170 valence electrons. The Kier molecular flexibility index (Phi) is 6.35. The number of benzene rings is 3. The molecule has 0 saturated carbocycles. The van der Waals surface area contributed by atoms with E-state index in [9.17, 15) is 18.0 Å². The summed E-state index contributed by atoms with van der Waals surface area (Å²) in [5.74, 6) is -1.03. The molecule has 1 amide bonds. The molecule has 0 atom stereocenters. The van der Waals surface area contributed by atoms with Crippen molar-refractivity contribution in [2.24, 2.45) is 4.99 Å². The lowest BCUT2D eigenvalue weighted by Crippen LogP contribution is -2.32. The Bertz CT molecular complexity index is 1130. The van der Waals surface area contributed by atoms with Crippen LogP contribution in [0.15, 0.2) is 77.8 Å². The van der Waals surface area contributed by atoms with Gasteiger partial charge in [-0.05, 0) is 53.4 Å². The third kappa shape index (κ3) is 5.34. The molecule has 0 radical (unpaired) electrons. The Morgan fingerprint density at radius 2 is 1.45 bits per heavy atom. The van der Waals surface area contributed by atoms with Gasteiger partial charge in [0.1, 0.15) is 5.75 Å². The molecule has 3 aromatic carbocycles. The number of ether oxygens (including phenoxy) is 2. The van der Waals surface area contributed by atoms with Crippen LogP contribution in [0.25, 0.3) is 11.1 Å². The van der Waals surface area contributed by atoms with Gasteiger partial charge in [0, 0.05) is 18.7 Å². The van der Waals surface area contributed by atoms with Crippen LogP contribution in [0.1, 0.15) is 28.4 Å². The van der Waals surface area contributed by atoms with Gasteiger partial charge in [-0.1, -0.05) is 48.5 Å². The minimum Gasteiger partial charge on any atom is -0.465 e. The number of alkyl halides is 3. The van der Waals surface area contributed by atoms with E-state index in [1.165, 1.54) is 12.1 Å². The molecule has 4 rings (SSSR count). The maximum atomic E-state index is 12.8. The summed E-state index contributed by atoms with van der Waals surface area (Å²) in [4.78, 5) is 18.8. The number of fused-ring (bicyclic) bond motifs is 3. The van der Waals surface area contributed by atoms with Gasteiger partial charge in [0.15, 0.2) is 0 Å². The second-order valence-electron chi connectivity index (χ2n) is 7.38. The minimum absolute atomic E-state index is 0.123. The van der Waals surface area contributed by atoms with Crippen molar-refractivity contribution in [2.75, 3.05) is 6.61 Å². The van der Waals surface area contributed by atoms with Crippen molar-refractivity contribution >= 4 is 11.9 Å². The number of carbonyl (C=O) groups is 1. The van der Waals surface area contributed by atoms with E-state index in [0.717, 1.165) is 34.4 Å². The van der Waals surface area contributed by atoms with E-state index in [1.807, 2.05) is 41.3 Å². The SMILES string of the molecule is CCOC(=NC(=O)c1ccc(OC(F)(F)F)cc1)N1Cc2ccccc2-c2ccccc2C1. The molecule has 8 heteroatoms. The Labute approximate surface area is 189 Å². The van der Waals surface area contributed by atoms with Crippen LogP contribution in [-0.2, 0) is 17.8 Å². The number of nitrogens with zero attached hydrogens (tertiary/aromatic N) is 2. The predicted molar refractivity (Wildman–Crippen MR) is 118 cm³/mol. The highest BCUT2D eigenvalue weighted by atomic mass is 19.4. The molecule has 0 N–H and O–H groups in total. The van der Waals surface area contributed by atoms with Crippen LogP contribution in [0.2, 0.25) is 0 Å². The summed E-state index contributed by atoms with van der Waals surface area (Å²) in [5.41, 5.74) is 4.47. The van der Waals surface area contributed by atoms with Crippen molar-refractivity contribution in [2.45, 2.75) is 26.4 Å². The smallest absolute Gasteiger partial charge is 0.465 e. The second kappa shape index (κ2) is 9.36. The highest BCUT2D eigenvalue weighted by Crippen LogP contribution is 2.32. The van der Waals surface area contributed by atoms with E-state index in [0.29, 0.717) is 19.7 Å². The van der Waals surface area contributed by atoms with E-state index < -0.39 is 18.0 Å². The Hall–Kier alpha value is -3.81. The lowest BCUT2D eigenvalue weighted by atomic mass is 9.97. The van der Waals surface area contributed by atoms with Gasteiger partial charge < -0.3 is 14.4 Å². The first-order valence-corrected chi connectivity index (χ1v) is 10.4. The zero-order valence-corrected chi connectivity index (χ0v) is 17.8. The average molecular weight is 454 g/mol. The van der Waals surface area contributed by atoms with Crippen LogP contribution in [0.4, 0.5) is 13.2 Å². The first-order valence-electron chi connectivity index (χ1n) is 10.4. The monoisotopic (exact) mass is 454 g/mol. The van der Waals surface area contributed by atoms with Crippen LogP contribution in [0, 0.1) is 0 Å². The van der Waals surface area contributed by atoms with Crippen molar-refractivity contribution in [1.29, 1.82) is 0 Å². The van der Waals surface area contributed by atoms with Crippen LogP contribution in [0.3, 0.4) is 0 Å². The van der Waals surface area contributed by atoms with E-state index in [-0.39, 0.29) is 11.6 Å². The molecule has 0 bridgehead atoms. The molecule has 0 fully saturated rings. The Morgan fingerprint density at radius 3 is 1.97 bits per heavy atom. The van der Waals surface area contributed by atoms with Gasteiger partial charge in [0.05, 0.1) is 6.61 Å². The van der Waals surface area contributed by atoms with Gasteiger partial charge in [-0.2, -0.15) is 4.99 Å². The summed E-state index contributed by atoms with van der Waals surface area (Å²) in [6.07, 6.45) is -4.80. The Balaban J connectivity index is 1.64. The number of hydrogen-bond acceptors (Lipinski definition) is 3. The van der Waals surface area contributed by atoms with Gasteiger partial charge in [0.2, 0.25) is 0 Å². The van der Waals surface area contributed by atoms with Crippen molar-refractivity contribution in [3.8, 4) is 16.9 Å². The number of amidine groups is 1. The lowest BCUT2D eigenvalue weighted by molar-refractivity contribution is -0.274. The lowest BCUT2D eigenvalue weighted by Gasteiger charge is -2.24. The zero-order chi connectivity index (χ0) is 23.4. The van der Waals surface area contributed by atoms with Crippen molar-refractivity contribution in [3.63, 3.8) is 0 Å². The fourth-order valence-corrected chi connectivity index (χ4v) is 3.72. The quantitative estimate of drug-likeness (QED) is 0.371. The molecule has 33 heavy (non-hydrogen) atoms. The number of hydrogen-bond donors (Lipinski definition) is 0. The standard InChI is InChI=1S/C25H21F3N2O3/c1-2-32-24(29-23(31)17-11-13-20(14-12-17)33-25(26,27)28)30-15-18-7-3-5-9-21(18)22-10-6-4-8-19(22)16-30/h3-14H,2,15-16H2,1H3. The van der Waals surface area contributed by atoms with E-state index in [4.69, 9.17) is 4.74 Å². The van der Waals surface area contributed by atoms with Crippen LogP contribution < -0.4 is 4.74 Å². The van der Waals surface area contributed by atoms with Gasteiger partial charge in [-0.3, -0.25) is 4.79 Å². The number of halogens is 3. The minimum atomic E-state index is -4.80. The number of rotatable bonds is 3. The summed E-state index contributed by atoms with van der Waals surface area (Å²) in [6, 6.07) is 20.8. The van der Waals surface area contributed by atoms with Crippen molar-refractivity contribution < 1.29 is 27.4 Å². The molecule has 0 saturated heterocycles. The highest BCUT2D eigenvalue weighted by Gasteiger charge is 2.31. The van der Waals surface area contributed by atoms with Gasteiger partial charge in [0.25, 0.3) is 11.9 Å². The highest BCUT2D eigenvalue weighted by molar-refractivity contribution is 6.01. The van der Waals surface area contributed by atoms with Crippen LogP contribution in [0.5, 0.6) is 5.75 Å². The molecule has 0 aromatic heterocycles. The molecule has 3 aromatic rings. The summed E-state index contributed by atoms with van der Waals surface area (Å²) in [7, 11) is 0. The molecule has 1 aliphatic rings.